The molecule has 0 saturated carbocycles. The van der Waals surface area contributed by atoms with Gasteiger partial charge in [-0.3, -0.25) is 0 Å². The third-order valence-electron chi connectivity index (χ3n) is 2.28. The second kappa shape index (κ2) is 3.55. The minimum atomic E-state index is -0.557. The van der Waals surface area contributed by atoms with E-state index in [4.69, 9.17) is 9.47 Å². The zero-order chi connectivity index (χ0) is 10.1. The first-order chi connectivity index (χ1) is 6.66. The molecule has 14 heavy (non-hydrogen) atoms. The van der Waals surface area contributed by atoms with Crippen LogP contribution in [0, 0.1) is 0 Å². The van der Waals surface area contributed by atoms with Crippen LogP contribution in [0.25, 0.3) is 0 Å². The normalized spacial score (nSPS) is 37.6. The summed E-state index contributed by atoms with van der Waals surface area (Å²) in [6.07, 6.45) is 5.00. The zero-order valence-corrected chi connectivity index (χ0v) is 7.79. The van der Waals surface area contributed by atoms with Gasteiger partial charge in [-0.05, 0) is 19.1 Å². The number of hydrogen-bond donors (Lipinski definition) is 1. The smallest absolute Gasteiger partial charge is 0.331 e. The number of hydrogen-bond acceptors (Lipinski definition) is 4. The SMILES string of the molecule is C[C@H](O)[C@@H]1C=C[C@H]2OC(=O)C=C[C@H]2O1. The quantitative estimate of drug-likeness (QED) is 0.480. The van der Waals surface area contributed by atoms with Crippen LogP contribution in [-0.2, 0) is 14.3 Å². The molecule has 0 aromatic heterocycles. The van der Waals surface area contributed by atoms with Gasteiger partial charge in [0.25, 0.3) is 0 Å². The summed E-state index contributed by atoms with van der Waals surface area (Å²) in [5, 5.41) is 9.31. The lowest BCUT2D eigenvalue weighted by Gasteiger charge is -2.33. The summed E-state index contributed by atoms with van der Waals surface area (Å²) in [6.45, 7) is 1.66. The summed E-state index contributed by atoms with van der Waals surface area (Å²) >= 11 is 0. The van der Waals surface area contributed by atoms with Crippen molar-refractivity contribution < 1.29 is 19.4 Å². The molecule has 2 rings (SSSR count). The molecular formula is C10H12O4. The number of aliphatic hydroxyl groups is 1. The number of carbonyl (C=O) groups is 1. The molecule has 4 nitrogen and oxygen atoms in total. The third kappa shape index (κ3) is 1.71. The molecule has 0 saturated heterocycles. The molecule has 2 aliphatic heterocycles. The molecule has 76 valence electrons. The monoisotopic (exact) mass is 196 g/mol. The van der Waals surface area contributed by atoms with Gasteiger partial charge in [-0.1, -0.05) is 6.08 Å². The Morgan fingerprint density at radius 3 is 2.86 bits per heavy atom. The molecule has 0 bridgehead atoms. The van der Waals surface area contributed by atoms with Crippen molar-refractivity contribution in [3.05, 3.63) is 24.3 Å². The van der Waals surface area contributed by atoms with E-state index in [2.05, 4.69) is 0 Å². The molecule has 2 aliphatic rings. The van der Waals surface area contributed by atoms with E-state index in [1.54, 1.807) is 25.2 Å². The van der Waals surface area contributed by atoms with E-state index in [0.29, 0.717) is 0 Å². The highest BCUT2D eigenvalue weighted by atomic mass is 16.6. The Balaban J connectivity index is 2.12. The van der Waals surface area contributed by atoms with Crippen LogP contribution in [0.15, 0.2) is 24.3 Å². The van der Waals surface area contributed by atoms with Gasteiger partial charge in [0.05, 0.1) is 6.10 Å². The van der Waals surface area contributed by atoms with E-state index in [0.717, 1.165) is 0 Å². The summed E-state index contributed by atoms with van der Waals surface area (Å²) in [4.78, 5) is 10.9. The Kier molecular flexibility index (Phi) is 2.39. The second-order valence-corrected chi connectivity index (χ2v) is 3.45. The lowest BCUT2D eigenvalue weighted by atomic mass is 10.0. The second-order valence-electron chi connectivity index (χ2n) is 3.45. The minimum Gasteiger partial charge on any atom is -0.452 e. The van der Waals surface area contributed by atoms with Gasteiger partial charge in [0, 0.05) is 6.08 Å². The van der Waals surface area contributed by atoms with Crippen LogP contribution in [-0.4, -0.2) is 35.5 Å². The number of carbonyl (C=O) groups excluding carboxylic acids is 1. The Morgan fingerprint density at radius 1 is 1.36 bits per heavy atom. The molecule has 0 amide bonds. The Morgan fingerprint density at radius 2 is 2.14 bits per heavy atom. The molecule has 4 heteroatoms. The maximum Gasteiger partial charge on any atom is 0.331 e. The summed E-state index contributed by atoms with van der Waals surface area (Å²) in [6, 6.07) is 0. The van der Waals surface area contributed by atoms with Crippen molar-refractivity contribution in [1.29, 1.82) is 0 Å². The van der Waals surface area contributed by atoms with E-state index < -0.39 is 6.10 Å². The summed E-state index contributed by atoms with van der Waals surface area (Å²) in [5.41, 5.74) is 0. The van der Waals surface area contributed by atoms with E-state index in [9.17, 15) is 9.90 Å². The van der Waals surface area contributed by atoms with Crippen molar-refractivity contribution in [1.82, 2.24) is 0 Å². The maximum absolute atomic E-state index is 10.9. The summed E-state index contributed by atoms with van der Waals surface area (Å²) < 4.78 is 10.5. The van der Waals surface area contributed by atoms with Crippen molar-refractivity contribution in [2.75, 3.05) is 0 Å². The molecule has 0 fully saturated rings. The molecule has 0 aromatic rings. The van der Waals surface area contributed by atoms with Crippen LogP contribution >= 0.6 is 0 Å². The first-order valence-electron chi connectivity index (χ1n) is 4.57. The minimum absolute atomic E-state index is 0.266. The standard InChI is InChI=1S/C10H12O4/c1-6(11)7-2-3-9-8(13-7)4-5-10(12)14-9/h2-9,11H,1H3/t6-,7-,8+,9+/m0/s1. The van der Waals surface area contributed by atoms with Crippen LogP contribution in [0.1, 0.15) is 6.92 Å². The van der Waals surface area contributed by atoms with Crippen molar-refractivity contribution in [2.24, 2.45) is 0 Å². The molecule has 4 atom stereocenters. The Bertz CT molecular complexity index is 292. The van der Waals surface area contributed by atoms with Gasteiger partial charge in [-0.25, -0.2) is 4.79 Å². The zero-order valence-electron chi connectivity index (χ0n) is 7.79. The van der Waals surface area contributed by atoms with Crippen LogP contribution in [0.4, 0.5) is 0 Å². The number of rotatable bonds is 1. The maximum atomic E-state index is 10.9. The highest BCUT2D eigenvalue weighted by Crippen LogP contribution is 2.21. The van der Waals surface area contributed by atoms with Gasteiger partial charge in [0.1, 0.15) is 12.2 Å². The molecular weight excluding hydrogens is 184 g/mol. The lowest BCUT2D eigenvalue weighted by molar-refractivity contribution is -0.153. The largest absolute Gasteiger partial charge is 0.452 e. The highest BCUT2D eigenvalue weighted by Gasteiger charge is 2.32. The average molecular weight is 196 g/mol. The van der Waals surface area contributed by atoms with Gasteiger partial charge < -0.3 is 14.6 Å². The van der Waals surface area contributed by atoms with Crippen LogP contribution in [0.5, 0.6) is 0 Å². The van der Waals surface area contributed by atoms with Gasteiger partial charge in [-0.2, -0.15) is 0 Å². The van der Waals surface area contributed by atoms with E-state index in [1.165, 1.54) is 6.08 Å². The average Bonchev–Trinajstić information content (AvgIpc) is 2.16. The molecule has 1 N–H and O–H groups in total. The molecule has 0 aromatic carbocycles. The van der Waals surface area contributed by atoms with Crippen LogP contribution in [0.2, 0.25) is 0 Å². The van der Waals surface area contributed by atoms with Crippen molar-refractivity contribution in [3.8, 4) is 0 Å². The van der Waals surface area contributed by atoms with Gasteiger partial charge in [-0.15, -0.1) is 0 Å². The first kappa shape index (κ1) is 9.43. The summed E-state index contributed by atoms with van der Waals surface area (Å²) in [5.74, 6) is -0.352. The molecule has 0 unspecified atom stereocenters. The van der Waals surface area contributed by atoms with Crippen LogP contribution < -0.4 is 0 Å². The van der Waals surface area contributed by atoms with E-state index >= 15 is 0 Å². The van der Waals surface area contributed by atoms with E-state index in [-0.39, 0.29) is 24.3 Å². The molecule has 2 heterocycles. The number of ether oxygens (including phenoxy) is 2. The fourth-order valence-corrected chi connectivity index (χ4v) is 1.52. The molecule has 0 spiro atoms. The van der Waals surface area contributed by atoms with Crippen molar-refractivity contribution in [2.45, 2.75) is 31.3 Å². The third-order valence-corrected chi connectivity index (χ3v) is 2.28. The predicted molar refractivity (Wildman–Crippen MR) is 48.5 cm³/mol. The van der Waals surface area contributed by atoms with Gasteiger partial charge in [0.15, 0.2) is 6.10 Å². The van der Waals surface area contributed by atoms with Crippen molar-refractivity contribution >= 4 is 5.97 Å². The fourth-order valence-electron chi connectivity index (χ4n) is 1.52. The molecule has 0 aliphatic carbocycles. The van der Waals surface area contributed by atoms with Crippen molar-refractivity contribution in [3.63, 3.8) is 0 Å². The van der Waals surface area contributed by atoms with Crippen LogP contribution in [0.3, 0.4) is 0 Å². The Labute approximate surface area is 81.8 Å². The number of aliphatic hydroxyl groups excluding tert-OH is 1. The van der Waals surface area contributed by atoms with Gasteiger partial charge in [0.2, 0.25) is 0 Å². The topological polar surface area (TPSA) is 55.8 Å². The lowest BCUT2D eigenvalue weighted by Crippen LogP contribution is -2.42. The number of fused-ring (bicyclic) bond motifs is 1. The van der Waals surface area contributed by atoms with Gasteiger partial charge >= 0.3 is 5.97 Å². The fraction of sp³-hybridized carbons (Fsp3) is 0.500. The number of esters is 1. The van der Waals surface area contributed by atoms with E-state index in [1.807, 2.05) is 0 Å². The Hall–Kier alpha value is -1.13. The summed E-state index contributed by atoms with van der Waals surface area (Å²) in [7, 11) is 0. The molecule has 0 radical (unpaired) electrons. The highest BCUT2D eigenvalue weighted by molar-refractivity contribution is 5.83. The predicted octanol–water partition coefficient (Wildman–Crippen LogP) is 0.172. The first-order valence-corrected chi connectivity index (χ1v) is 4.57.